The first-order chi connectivity index (χ1) is 23.1. The zero-order chi connectivity index (χ0) is 31.3. The van der Waals surface area contributed by atoms with E-state index in [0.717, 1.165) is 38.5 Å². The number of nitrogens with zero attached hydrogens (tertiary/aromatic N) is 3. The van der Waals surface area contributed by atoms with E-state index in [1.165, 1.54) is 54.1 Å². The van der Waals surface area contributed by atoms with Crippen molar-refractivity contribution in [3.05, 3.63) is 151 Å². The first kappa shape index (κ1) is 26.6. The number of benzene rings is 6. The van der Waals surface area contributed by atoms with Gasteiger partial charge in [-0.25, -0.2) is 9.97 Å². The van der Waals surface area contributed by atoms with Gasteiger partial charge >= 0.3 is 0 Å². The third kappa shape index (κ3) is 3.73. The zero-order valence-electron chi connectivity index (χ0n) is 26.0. The Morgan fingerprint density at radius 3 is 2.13 bits per heavy atom. The van der Waals surface area contributed by atoms with Crippen molar-refractivity contribution in [1.29, 1.82) is 0 Å². The lowest BCUT2D eigenvalue weighted by Crippen LogP contribution is -2.14. The van der Waals surface area contributed by atoms with E-state index in [2.05, 4.69) is 158 Å². The Hall–Kier alpha value is -5.58. The molecule has 0 unspecified atom stereocenters. The maximum absolute atomic E-state index is 5.38. The molecule has 0 N–H and O–H groups in total. The van der Waals surface area contributed by atoms with Crippen molar-refractivity contribution >= 4 is 53.4 Å². The molecule has 3 heterocycles. The second-order valence-electron chi connectivity index (χ2n) is 13.0. The second kappa shape index (κ2) is 9.71. The molecule has 0 saturated carbocycles. The fourth-order valence-corrected chi connectivity index (χ4v) is 8.90. The van der Waals surface area contributed by atoms with E-state index in [9.17, 15) is 0 Å². The van der Waals surface area contributed by atoms with Crippen molar-refractivity contribution in [2.75, 3.05) is 0 Å². The molecule has 3 aromatic heterocycles. The standard InChI is InChI=1S/C43H29N3S/c1-43(2)33-20-10-6-16-27(33)31-25-37-32(24-34(31)43)28-17-7-11-21-35(28)46(37)36-22-12-8-18-29(36)41-44-40(26-14-4-3-5-15-26)39-30-19-9-13-23-38(30)47-42(39)45-41/h3-25H,1-2H3. The molecule has 3 nitrogen and oxygen atoms in total. The van der Waals surface area contributed by atoms with Crippen molar-refractivity contribution < 1.29 is 0 Å². The highest BCUT2D eigenvalue weighted by atomic mass is 32.1. The molecule has 47 heavy (non-hydrogen) atoms. The van der Waals surface area contributed by atoms with Crippen LogP contribution in [-0.2, 0) is 5.41 Å². The van der Waals surface area contributed by atoms with Gasteiger partial charge in [0, 0.05) is 42.8 Å². The summed E-state index contributed by atoms with van der Waals surface area (Å²) < 4.78 is 3.65. The average Bonchev–Trinajstić information content (AvgIpc) is 3.73. The van der Waals surface area contributed by atoms with Crippen molar-refractivity contribution in [3.63, 3.8) is 0 Å². The summed E-state index contributed by atoms with van der Waals surface area (Å²) in [7, 11) is 0. The van der Waals surface area contributed by atoms with Crippen LogP contribution in [0.3, 0.4) is 0 Å². The Balaban J connectivity index is 1.28. The Morgan fingerprint density at radius 2 is 1.26 bits per heavy atom. The van der Waals surface area contributed by atoms with E-state index >= 15 is 0 Å². The predicted octanol–water partition coefficient (Wildman–Crippen LogP) is 11.6. The number of hydrogen-bond donors (Lipinski definition) is 0. The monoisotopic (exact) mass is 619 g/mol. The minimum atomic E-state index is -0.0669. The maximum atomic E-state index is 5.38. The lowest BCUT2D eigenvalue weighted by atomic mass is 9.82. The summed E-state index contributed by atoms with van der Waals surface area (Å²) in [4.78, 5) is 11.7. The summed E-state index contributed by atoms with van der Waals surface area (Å²) in [5.74, 6) is 0.733. The number of hydrogen-bond acceptors (Lipinski definition) is 3. The molecule has 0 atom stereocenters. The summed E-state index contributed by atoms with van der Waals surface area (Å²) in [6, 6.07) is 50.2. The van der Waals surface area contributed by atoms with Gasteiger partial charge in [-0.3, -0.25) is 0 Å². The summed E-state index contributed by atoms with van der Waals surface area (Å²) in [6.07, 6.45) is 0. The number of fused-ring (bicyclic) bond motifs is 9. The lowest BCUT2D eigenvalue weighted by molar-refractivity contribution is 0.661. The SMILES string of the molecule is CC1(C)c2ccccc2-c2cc3c(cc21)c1ccccc1n3-c1ccccc1-c1nc(-c2ccccc2)c2c(n1)sc1ccccc12. The third-order valence-corrected chi connectivity index (χ3v) is 11.1. The molecular formula is C43H29N3S. The van der Waals surface area contributed by atoms with Gasteiger partial charge in [0.15, 0.2) is 5.82 Å². The molecule has 0 amide bonds. The van der Waals surface area contributed by atoms with Gasteiger partial charge in [0.25, 0.3) is 0 Å². The van der Waals surface area contributed by atoms with Crippen LogP contribution in [0.15, 0.2) is 140 Å². The van der Waals surface area contributed by atoms with Crippen LogP contribution in [0.1, 0.15) is 25.0 Å². The summed E-state index contributed by atoms with van der Waals surface area (Å²) in [6.45, 7) is 4.70. The van der Waals surface area contributed by atoms with E-state index in [0.29, 0.717) is 0 Å². The van der Waals surface area contributed by atoms with E-state index in [-0.39, 0.29) is 5.41 Å². The molecule has 4 heteroatoms. The zero-order valence-corrected chi connectivity index (χ0v) is 26.8. The Bertz CT molecular complexity index is 2710. The maximum Gasteiger partial charge on any atom is 0.163 e. The van der Waals surface area contributed by atoms with Gasteiger partial charge in [-0.2, -0.15) is 0 Å². The molecule has 1 aliphatic rings. The topological polar surface area (TPSA) is 30.7 Å². The van der Waals surface area contributed by atoms with Gasteiger partial charge in [0.05, 0.1) is 22.4 Å². The normalized spacial score (nSPS) is 13.5. The van der Waals surface area contributed by atoms with E-state index in [4.69, 9.17) is 9.97 Å². The predicted molar refractivity (Wildman–Crippen MR) is 198 cm³/mol. The van der Waals surface area contributed by atoms with Crippen LogP contribution in [0.5, 0.6) is 0 Å². The first-order valence-corrected chi connectivity index (χ1v) is 16.9. The van der Waals surface area contributed by atoms with Crippen molar-refractivity contribution in [1.82, 2.24) is 14.5 Å². The van der Waals surface area contributed by atoms with Gasteiger partial charge in [-0.15, -0.1) is 11.3 Å². The van der Waals surface area contributed by atoms with Crippen LogP contribution in [0.2, 0.25) is 0 Å². The molecular weight excluding hydrogens is 591 g/mol. The molecule has 0 spiro atoms. The molecule has 0 radical (unpaired) electrons. The van der Waals surface area contributed by atoms with Crippen molar-refractivity contribution in [2.24, 2.45) is 0 Å². The summed E-state index contributed by atoms with van der Waals surface area (Å²) >= 11 is 1.74. The van der Waals surface area contributed by atoms with Gasteiger partial charge in [0.2, 0.25) is 0 Å². The highest BCUT2D eigenvalue weighted by molar-refractivity contribution is 7.25. The largest absolute Gasteiger partial charge is 0.308 e. The summed E-state index contributed by atoms with van der Waals surface area (Å²) in [5.41, 5.74) is 11.9. The van der Waals surface area contributed by atoms with Crippen LogP contribution in [0.4, 0.5) is 0 Å². The minimum absolute atomic E-state index is 0.0669. The molecule has 0 bridgehead atoms. The highest BCUT2D eigenvalue weighted by Gasteiger charge is 2.36. The average molecular weight is 620 g/mol. The Morgan fingerprint density at radius 1 is 0.553 bits per heavy atom. The van der Waals surface area contributed by atoms with E-state index in [1.54, 1.807) is 11.3 Å². The second-order valence-corrected chi connectivity index (χ2v) is 14.0. The van der Waals surface area contributed by atoms with Crippen LogP contribution in [0, 0.1) is 0 Å². The van der Waals surface area contributed by atoms with E-state index in [1.807, 2.05) is 0 Å². The smallest absolute Gasteiger partial charge is 0.163 e. The Labute approximate surface area is 276 Å². The Kier molecular flexibility index (Phi) is 5.50. The minimum Gasteiger partial charge on any atom is -0.308 e. The van der Waals surface area contributed by atoms with Gasteiger partial charge in [0.1, 0.15) is 4.83 Å². The highest BCUT2D eigenvalue weighted by Crippen LogP contribution is 2.51. The van der Waals surface area contributed by atoms with Gasteiger partial charge < -0.3 is 4.57 Å². The number of para-hydroxylation sites is 2. The fourth-order valence-electron chi connectivity index (χ4n) is 7.83. The van der Waals surface area contributed by atoms with E-state index < -0.39 is 0 Å². The molecule has 0 saturated heterocycles. The molecule has 6 aromatic carbocycles. The van der Waals surface area contributed by atoms with Crippen molar-refractivity contribution in [2.45, 2.75) is 19.3 Å². The van der Waals surface area contributed by atoms with Crippen LogP contribution < -0.4 is 0 Å². The molecule has 0 fully saturated rings. The molecule has 222 valence electrons. The fraction of sp³-hybridized carbons (Fsp3) is 0.0698. The van der Waals surface area contributed by atoms with Crippen LogP contribution >= 0.6 is 11.3 Å². The third-order valence-electron chi connectivity index (χ3n) is 10.0. The van der Waals surface area contributed by atoms with Gasteiger partial charge in [-0.05, 0) is 58.7 Å². The first-order valence-electron chi connectivity index (χ1n) is 16.1. The van der Waals surface area contributed by atoms with Crippen molar-refractivity contribution in [3.8, 4) is 39.5 Å². The molecule has 10 rings (SSSR count). The quantitative estimate of drug-likeness (QED) is 0.197. The van der Waals surface area contributed by atoms with Crippen LogP contribution in [-0.4, -0.2) is 14.5 Å². The molecule has 9 aromatic rings. The lowest BCUT2D eigenvalue weighted by Gasteiger charge is -2.21. The molecule has 0 aliphatic heterocycles. The molecule has 1 aliphatic carbocycles. The number of rotatable bonds is 3. The van der Waals surface area contributed by atoms with Gasteiger partial charge in [-0.1, -0.05) is 117 Å². The number of aromatic nitrogens is 3. The van der Waals surface area contributed by atoms with Crippen LogP contribution in [0.25, 0.3) is 81.6 Å². The number of thiophene rings is 1. The summed E-state index contributed by atoms with van der Waals surface area (Å²) in [5, 5.41) is 4.83.